The van der Waals surface area contributed by atoms with Gasteiger partial charge in [0.2, 0.25) is 0 Å². The molecule has 0 aromatic heterocycles. The average Bonchev–Trinajstić information content (AvgIpc) is 2.34. The Bertz CT molecular complexity index is 354. The smallest absolute Gasteiger partial charge is 0.123 e. The summed E-state index contributed by atoms with van der Waals surface area (Å²) < 4.78 is 18.5. The monoisotopic (exact) mass is 253 g/mol. The van der Waals surface area contributed by atoms with Gasteiger partial charge in [-0.1, -0.05) is 13.0 Å². The minimum atomic E-state index is -0.171. The summed E-state index contributed by atoms with van der Waals surface area (Å²) in [5.41, 5.74) is 2.17. The van der Waals surface area contributed by atoms with Crippen molar-refractivity contribution in [2.75, 3.05) is 19.8 Å². The molecule has 0 aliphatic rings. The van der Waals surface area contributed by atoms with Crippen LogP contribution < -0.4 is 5.32 Å². The lowest BCUT2D eigenvalue weighted by molar-refractivity contribution is 0.136. The predicted molar refractivity (Wildman–Crippen MR) is 73.3 cm³/mol. The molecular formula is C15H24FNO. The quantitative estimate of drug-likeness (QED) is 0.715. The zero-order valence-electron chi connectivity index (χ0n) is 11.6. The lowest BCUT2D eigenvalue weighted by Gasteiger charge is -2.21. The molecule has 0 radical (unpaired) electrons. The average molecular weight is 253 g/mol. The van der Waals surface area contributed by atoms with Crippen LogP contribution in [-0.2, 0) is 4.74 Å². The molecule has 0 aliphatic carbocycles. The summed E-state index contributed by atoms with van der Waals surface area (Å²) >= 11 is 0. The van der Waals surface area contributed by atoms with Crippen LogP contribution in [0, 0.1) is 12.7 Å². The van der Waals surface area contributed by atoms with Crippen molar-refractivity contribution in [2.45, 2.75) is 39.7 Å². The standard InChI is InChI=1S/C15H24FNO/c1-4-9-17-15(8-10-18-5-2)14-7-6-13(16)11-12(14)3/h6-7,11,15,17H,4-5,8-10H2,1-3H3. The first-order valence-electron chi connectivity index (χ1n) is 6.76. The first-order valence-corrected chi connectivity index (χ1v) is 6.76. The second-order valence-electron chi connectivity index (χ2n) is 4.49. The van der Waals surface area contributed by atoms with Crippen molar-refractivity contribution in [3.8, 4) is 0 Å². The molecular weight excluding hydrogens is 229 g/mol. The molecule has 0 bridgehead atoms. The molecule has 3 heteroatoms. The van der Waals surface area contributed by atoms with E-state index in [2.05, 4.69) is 12.2 Å². The Morgan fingerprint density at radius 1 is 1.33 bits per heavy atom. The number of ether oxygens (including phenoxy) is 1. The maximum Gasteiger partial charge on any atom is 0.123 e. The van der Waals surface area contributed by atoms with Gasteiger partial charge in [-0.3, -0.25) is 0 Å². The van der Waals surface area contributed by atoms with E-state index in [0.29, 0.717) is 0 Å². The van der Waals surface area contributed by atoms with Crippen LogP contribution in [0.25, 0.3) is 0 Å². The van der Waals surface area contributed by atoms with Crippen LogP contribution in [0.3, 0.4) is 0 Å². The van der Waals surface area contributed by atoms with E-state index in [1.165, 1.54) is 11.6 Å². The van der Waals surface area contributed by atoms with Gasteiger partial charge in [-0.05, 0) is 56.5 Å². The zero-order valence-corrected chi connectivity index (χ0v) is 11.6. The van der Waals surface area contributed by atoms with Crippen molar-refractivity contribution >= 4 is 0 Å². The molecule has 0 heterocycles. The number of benzene rings is 1. The normalized spacial score (nSPS) is 12.7. The van der Waals surface area contributed by atoms with Gasteiger partial charge in [0.05, 0.1) is 0 Å². The lowest BCUT2D eigenvalue weighted by atomic mass is 9.98. The third-order valence-corrected chi connectivity index (χ3v) is 3.00. The first kappa shape index (κ1) is 15.1. The molecule has 0 aliphatic heterocycles. The maximum atomic E-state index is 13.1. The number of hydrogen-bond donors (Lipinski definition) is 1. The highest BCUT2D eigenvalue weighted by Crippen LogP contribution is 2.21. The van der Waals surface area contributed by atoms with E-state index in [9.17, 15) is 4.39 Å². The molecule has 1 N–H and O–H groups in total. The third-order valence-electron chi connectivity index (χ3n) is 3.00. The van der Waals surface area contributed by atoms with E-state index in [-0.39, 0.29) is 11.9 Å². The van der Waals surface area contributed by atoms with Gasteiger partial charge in [0.1, 0.15) is 5.82 Å². The minimum Gasteiger partial charge on any atom is -0.382 e. The molecule has 1 aromatic rings. The van der Waals surface area contributed by atoms with Crippen molar-refractivity contribution in [3.05, 3.63) is 35.1 Å². The Morgan fingerprint density at radius 3 is 2.72 bits per heavy atom. The van der Waals surface area contributed by atoms with Gasteiger partial charge in [-0.15, -0.1) is 0 Å². The van der Waals surface area contributed by atoms with Crippen LogP contribution in [0.2, 0.25) is 0 Å². The second-order valence-corrected chi connectivity index (χ2v) is 4.49. The summed E-state index contributed by atoms with van der Waals surface area (Å²) in [4.78, 5) is 0. The Hall–Kier alpha value is -0.930. The zero-order chi connectivity index (χ0) is 13.4. The predicted octanol–water partition coefficient (Wildman–Crippen LogP) is 3.60. The molecule has 0 spiro atoms. The van der Waals surface area contributed by atoms with Crippen molar-refractivity contribution in [2.24, 2.45) is 0 Å². The van der Waals surface area contributed by atoms with Gasteiger partial charge in [0.15, 0.2) is 0 Å². The molecule has 0 saturated carbocycles. The summed E-state index contributed by atoms with van der Waals surface area (Å²) in [5, 5.41) is 3.50. The summed E-state index contributed by atoms with van der Waals surface area (Å²) in [6.07, 6.45) is 2.01. The van der Waals surface area contributed by atoms with Gasteiger partial charge >= 0.3 is 0 Å². The Labute approximate surface area is 110 Å². The molecule has 18 heavy (non-hydrogen) atoms. The number of aryl methyl sites for hydroxylation is 1. The SMILES string of the molecule is CCCNC(CCOCC)c1ccc(F)cc1C. The van der Waals surface area contributed by atoms with E-state index in [4.69, 9.17) is 4.74 Å². The van der Waals surface area contributed by atoms with Gasteiger partial charge in [0, 0.05) is 19.3 Å². The highest BCUT2D eigenvalue weighted by molar-refractivity contribution is 5.29. The Morgan fingerprint density at radius 2 is 2.11 bits per heavy atom. The van der Waals surface area contributed by atoms with Crippen LogP contribution >= 0.6 is 0 Å². The van der Waals surface area contributed by atoms with Gasteiger partial charge < -0.3 is 10.1 Å². The van der Waals surface area contributed by atoms with Crippen molar-refractivity contribution in [1.29, 1.82) is 0 Å². The molecule has 1 atom stereocenters. The van der Waals surface area contributed by atoms with Crippen LogP contribution in [0.5, 0.6) is 0 Å². The fourth-order valence-electron chi connectivity index (χ4n) is 2.06. The van der Waals surface area contributed by atoms with E-state index < -0.39 is 0 Å². The molecule has 2 nitrogen and oxygen atoms in total. The van der Waals surface area contributed by atoms with Crippen LogP contribution in [0.1, 0.15) is 43.9 Å². The number of nitrogens with one attached hydrogen (secondary N) is 1. The Balaban J connectivity index is 2.73. The highest BCUT2D eigenvalue weighted by atomic mass is 19.1. The van der Waals surface area contributed by atoms with Crippen molar-refractivity contribution in [1.82, 2.24) is 5.32 Å². The van der Waals surface area contributed by atoms with Crippen LogP contribution in [-0.4, -0.2) is 19.8 Å². The largest absolute Gasteiger partial charge is 0.382 e. The summed E-state index contributed by atoms with van der Waals surface area (Å²) in [7, 11) is 0. The van der Waals surface area contributed by atoms with Gasteiger partial charge in [-0.2, -0.15) is 0 Å². The van der Waals surface area contributed by atoms with Crippen molar-refractivity contribution in [3.63, 3.8) is 0 Å². The maximum absolute atomic E-state index is 13.1. The number of halogens is 1. The fourth-order valence-corrected chi connectivity index (χ4v) is 2.06. The molecule has 1 rings (SSSR count). The summed E-state index contributed by atoms with van der Waals surface area (Å²) in [6.45, 7) is 8.53. The van der Waals surface area contributed by atoms with Crippen LogP contribution in [0.15, 0.2) is 18.2 Å². The molecule has 1 aromatic carbocycles. The van der Waals surface area contributed by atoms with E-state index in [1.54, 1.807) is 6.07 Å². The topological polar surface area (TPSA) is 21.3 Å². The number of rotatable bonds is 8. The second kappa shape index (κ2) is 8.22. The Kier molecular flexibility index (Phi) is 6.91. The highest BCUT2D eigenvalue weighted by Gasteiger charge is 2.13. The van der Waals surface area contributed by atoms with E-state index >= 15 is 0 Å². The molecule has 0 saturated heterocycles. The fraction of sp³-hybridized carbons (Fsp3) is 0.600. The van der Waals surface area contributed by atoms with Gasteiger partial charge in [-0.25, -0.2) is 4.39 Å². The molecule has 1 unspecified atom stereocenters. The van der Waals surface area contributed by atoms with E-state index in [1.807, 2.05) is 19.9 Å². The molecule has 0 amide bonds. The summed E-state index contributed by atoms with van der Waals surface area (Å²) in [6, 6.07) is 5.25. The summed E-state index contributed by atoms with van der Waals surface area (Å²) in [5.74, 6) is -0.171. The van der Waals surface area contributed by atoms with Crippen molar-refractivity contribution < 1.29 is 9.13 Å². The van der Waals surface area contributed by atoms with Gasteiger partial charge in [0.25, 0.3) is 0 Å². The lowest BCUT2D eigenvalue weighted by Crippen LogP contribution is -2.24. The molecule has 102 valence electrons. The first-order chi connectivity index (χ1) is 8.69. The number of hydrogen-bond acceptors (Lipinski definition) is 2. The van der Waals surface area contributed by atoms with E-state index in [0.717, 1.165) is 38.2 Å². The molecule has 0 fully saturated rings. The van der Waals surface area contributed by atoms with Crippen LogP contribution in [0.4, 0.5) is 4.39 Å². The third kappa shape index (κ3) is 4.75. The minimum absolute atomic E-state index is 0.171.